The molecule has 2 aliphatic rings. The molecule has 3 rings (SSSR count). The standard InChI is InChI=1S/C15H19F3N4O/c16-15(17,18)12-5-2-1-4-11(12)13-6-3-7-22(13)14(23)21-10-8-19-20-9-10/h1-2,4-5,10,13,19-20H,3,6-9H2,(H,21,23). The lowest BCUT2D eigenvalue weighted by atomic mass is 9.98. The highest BCUT2D eigenvalue weighted by atomic mass is 19.4. The highest BCUT2D eigenvalue weighted by Crippen LogP contribution is 2.40. The molecule has 0 spiro atoms. The van der Waals surface area contributed by atoms with E-state index < -0.39 is 17.8 Å². The van der Waals surface area contributed by atoms with Crippen LogP contribution in [0.2, 0.25) is 0 Å². The quantitative estimate of drug-likeness (QED) is 0.779. The van der Waals surface area contributed by atoms with E-state index in [0.29, 0.717) is 32.5 Å². The summed E-state index contributed by atoms with van der Waals surface area (Å²) in [5.74, 6) is 0. The third kappa shape index (κ3) is 3.42. The van der Waals surface area contributed by atoms with Gasteiger partial charge in [-0.25, -0.2) is 4.79 Å². The lowest BCUT2D eigenvalue weighted by Gasteiger charge is -2.28. The highest BCUT2D eigenvalue weighted by Gasteiger charge is 2.39. The minimum Gasteiger partial charge on any atom is -0.333 e. The maximum Gasteiger partial charge on any atom is 0.416 e. The summed E-state index contributed by atoms with van der Waals surface area (Å²) in [7, 11) is 0. The van der Waals surface area contributed by atoms with Crippen molar-refractivity contribution in [3.63, 3.8) is 0 Å². The number of alkyl halides is 3. The lowest BCUT2D eigenvalue weighted by molar-refractivity contribution is -0.138. The second-order valence-electron chi connectivity index (χ2n) is 5.84. The number of nitrogens with zero attached hydrogens (tertiary/aromatic N) is 1. The van der Waals surface area contributed by atoms with Gasteiger partial charge >= 0.3 is 12.2 Å². The van der Waals surface area contributed by atoms with Crippen LogP contribution in [-0.2, 0) is 6.18 Å². The Morgan fingerprint density at radius 3 is 2.61 bits per heavy atom. The average molecular weight is 328 g/mol. The second-order valence-corrected chi connectivity index (χ2v) is 5.84. The number of urea groups is 1. The van der Waals surface area contributed by atoms with E-state index >= 15 is 0 Å². The van der Waals surface area contributed by atoms with Crippen molar-refractivity contribution in [2.75, 3.05) is 19.6 Å². The van der Waals surface area contributed by atoms with Gasteiger partial charge in [0, 0.05) is 19.6 Å². The van der Waals surface area contributed by atoms with E-state index in [4.69, 9.17) is 0 Å². The third-order valence-electron chi connectivity index (χ3n) is 4.29. The van der Waals surface area contributed by atoms with E-state index in [9.17, 15) is 18.0 Å². The van der Waals surface area contributed by atoms with Gasteiger partial charge in [0.05, 0.1) is 17.6 Å². The fourth-order valence-corrected chi connectivity index (χ4v) is 3.20. The van der Waals surface area contributed by atoms with Crippen LogP contribution in [0.5, 0.6) is 0 Å². The number of benzene rings is 1. The molecule has 8 heteroatoms. The van der Waals surface area contributed by atoms with Crippen LogP contribution in [0.25, 0.3) is 0 Å². The molecule has 2 fully saturated rings. The van der Waals surface area contributed by atoms with Gasteiger partial charge in [-0.3, -0.25) is 10.9 Å². The SMILES string of the molecule is O=C(NC1CNNC1)N1CCCC1c1ccccc1C(F)(F)F. The van der Waals surface area contributed by atoms with Crippen molar-refractivity contribution in [2.45, 2.75) is 31.1 Å². The molecule has 1 aromatic carbocycles. The van der Waals surface area contributed by atoms with Gasteiger partial charge in [0.1, 0.15) is 0 Å². The molecule has 2 heterocycles. The van der Waals surface area contributed by atoms with Crippen LogP contribution in [-0.4, -0.2) is 36.6 Å². The van der Waals surface area contributed by atoms with Crippen LogP contribution in [0.4, 0.5) is 18.0 Å². The summed E-state index contributed by atoms with van der Waals surface area (Å²) in [4.78, 5) is 13.9. The first kappa shape index (κ1) is 16.1. The summed E-state index contributed by atoms with van der Waals surface area (Å²) in [6, 6.07) is 4.62. The number of nitrogens with one attached hydrogen (secondary N) is 3. The Balaban J connectivity index is 1.80. The largest absolute Gasteiger partial charge is 0.416 e. The van der Waals surface area contributed by atoms with Crippen molar-refractivity contribution in [2.24, 2.45) is 0 Å². The molecule has 2 amide bonds. The zero-order valence-corrected chi connectivity index (χ0v) is 12.5. The van der Waals surface area contributed by atoms with Gasteiger partial charge in [-0.15, -0.1) is 0 Å². The predicted molar refractivity (Wildman–Crippen MR) is 78.5 cm³/mol. The Morgan fingerprint density at radius 1 is 1.22 bits per heavy atom. The van der Waals surface area contributed by atoms with E-state index in [2.05, 4.69) is 16.2 Å². The molecule has 0 radical (unpaired) electrons. The number of halogens is 3. The van der Waals surface area contributed by atoms with Crippen molar-refractivity contribution in [1.82, 2.24) is 21.1 Å². The summed E-state index contributed by atoms with van der Waals surface area (Å²) in [6.07, 6.45) is -3.17. The normalized spacial score (nSPS) is 22.6. The molecule has 3 N–H and O–H groups in total. The van der Waals surface area contributed by atoms with Crippen molar-refractivity contribution in [3.05, 3.63) is 35.4 Å². The van der Waals surface area contributed by atoms with Crippen molar-refractivity contribution < 1.29 is 18.0 Å². The van der Waals surface area contributed by atoms with Crippen molar-refractivity contribution in [1.29, 1.82) is 0 Å². The first-order valence-corrected chi connectivity index (χ1v) is 7.66. The molecular weight excluding hydrogens is 309 g/mol. The number of amides is 2. The molecular formula is C15H19F3N4O. The number of hydrazine groups is 1. The zero-order chi connectivity index (χ0) is 16.4. The van der Waals surface area contributed by atoms with Gasteiger partial charge in [-0.1, -0.05) is 18.2 Å². The van der Waals surface area contributed by atoms with Crippen LogP contribution in [0.3, 0.4) is 0 Å². The fourth-order valence-electron chi connectivity index (χ4n) is 3.20. The number of hydrogen-bond acceptors (Lipinski definition) is 3. The monoisotopic (exact) mass is 328 g/mol. The van der Waals surface area contributed by atoms with Gasteiger partial charge in [-0.05, 0) is 24.5 Å². The average Bonchev–Trinajstić information content (AvgIpc) is 3.17. The predicted octanol–water partition coefficient (Wildman–Crippen LogP) is 2.03. The first-order chi connectivity index (χ1) is 11.0. The Bertz CT molecular complexity index is 572. The van der Waals surface area contributed by atoms with Gasteiger partial charge in [0.25, 0.3) is 0 Å². The summed E-state index contributed by atoms with van der Waals surface area (Å²) < 4.78 is 39.7. The lowest BCUT2D eigenvalue weighted by Crippen LogP contribution is -2.46. The number of carbonyl (C=O) groups is 1. The van der Waals surface area contributed by atoms with Crippen LogP contribution >= 0.6 is 0 Å². The molecule has 0 bridgehead atoms. The molecule has 2 aliphatic heterocycles. The molecule has 5 nitrogen and oxygen atoms in total. The van der Waals surface area contributed by atoms with Crippen molar-refractivity contribution in [3.8, 4) is 0 Å². The number of carbonyl (C=O) groups excluding carboxylic acids is 1. The number of likely N-dealkylation sites (tertiary alicyclic amines) is 1. The molecule has 126 valence electrons. The van der Waals surface area contributed by atoms with Gasteiger partial charge in [-0.2, -0.15) is 13.2 Å². The maximum atomic E-state index is 13.2. The van der Waals surface area contributed by atoms with E-state index in [1.54, 1.807) is 6.07 Å². The zero-order valence-electron chi connectivity index (χ0n) is 12.5. The molecule has 0 saturated carbocycles. The molecule has 0 aliphatic carbocycles. The molecule has 1 aromatic rings. The first-order valence-electron chi connectivity index (χ1n) is 7.66. The van der Waals surface area contributed by atoms with Crippen LogP contribution in [0, 0.1) is 0 Å². The highest BCUT2D eigenvalue weighted by molar-refractivity contribution is 5.75. The van der Waals surface area contributed by atoms with Crippen LogP contribution in [0.1, 0.15) is 30.0 Å². The molecule has 1 unspecified atom stereocenters. The molecule has 2 saturated heterocycles. The van der Waals surface area contributed by atoms with E-state index in [1.807, 2.05) is 0 Å². The van der Waals surface area contributed by atoms with E-state index in [1.165, 1.54) is 17.0 Å². The Hall–Kier alpha value is -1.80. The Kier molecular flexibility index (Phi) is 4.45. The van der Waals surface area contributed by atoms with Gasteiger partial charge in [0.2, 0.25) is 0 Å². The summed E-state index contributed by atoms with van der Waals surface area (Å²) in [6.45, 7) is 1.67. The van der Waals surface area contributed by atoms with Gasteiger partial charge in [0.15, 0.2) is 0 Å². The molecule has 1 atom stereocenters. The molecule has 0 aromatic heterocycles. The number of rotatable bonds is 2. The summed E-state index contributed by atoms with van der Waals surface area (Å²) in [5.41, 5.74) is 5.33. The van der Waals surface area contributed by atoms with Gasteiger partial charge < -0.3 is 10.2 Å². The Morgan fingerprint density at radius 2 is 1.91 bits per heavy atom. The maximum absolute atomic E-state index is 13.2. The smallest absolute Gasteiger partial charge is 0.333 e. The second kappa shape index (κ2) is 6.37. The minimum absolute atomic E-state index is 0.0541. The minimum atomic E-state index is -4.42. The summed E-state index contributed by atoms with van der Waals surface area (Å²) in [5, 5.41) is 2.86. The Labute approximate surface area is 132 Å². The van der Waals surface area contributed by atoms with E-state index in [0.717, 1.165) is 6.07 Å². The number of hydrogen-bond donors (Lipinski definition) is 3. The molecule has 23 heavy (non-hydrogen) atoms. The van der Waals surface area contributed by atoms with E-state index in [-0.39, 0.29) is 17.6 Å². The fraction of sp³-hybridized carbons (Fsp3) is 0.533. The van der Waals surface area contributed by atoms with Crippen LogP contribution in [0.15, 0.2) is 24.3 Å². The summed E-state index contributed by atoms with van der Waals surface area (Å²) >= 11 is 0. The van der Waals surface area contributed by atoms with Crippen LogP contribution < -0.4 is 16.2 Å². The topological polar surface area (TPSA) is 56.4 Å². The van der Waals surface area contributed by atoms with Crippen molar-refractivity contribution >= 4 is 6.03 Å². The third-order valence-corrected chi connectivity index (χ3v) is 4.29.